The fraction of sp³-hybridized carbons (Fsp3) is 0.429. The average Bonchev–Trinajstić information content (AvgIpc) is 2.34. The molecule has 0 fully saturated rings. The molecule has 0 atom stereocenters. The summed E-state index contributed by atoms with van der Waals surface area (Å²) in [5.74, 6) is 0.760. The Balaban J connectivity index is 2.47. The Hall–Kier alpha value is -0.990. The van der Waals surface area contributed by atoms with Gasteiger partial charge in [0.2, 0.25) is 0 Å². The van der Waals surface area contributed by atoms with Gasteiger partial charge in [-0.2, -0.15) is 0 Å². The zero-order valence-corrected chi connectivity index (χ0v) is 11.1. The van der Waals surface area contributed by atoms with Gasteiger partial charge in [-0.25, -0.2) is 0 Å². The molecule has 1 rings (SSSR count). The number of ether oxygens (including phenoxy) is 1. The first kappa shape index (κ1) is 14.1. The minimum atomic E-state index is 0.679. The summed E-state index contributed by atoms with van der Waals surface area (Å²) in [6.07, 6.45) is 3.83. The summed E-state index contributed by atoms with van der Waals surface area (Å²) in [5.41, 5.74) is 1.18. The number of hydrogen-bond donors (Lipinski definition) is 1. The lowest BCUT2D eigenvalue weighted by Crippen LogP contribution is -2.11. The third-order valence-corrected chi connectivity index (χ3v) is 2.68. The zero-order valence-electron chi connectivity index (χ0n) is 10.3. The Morgan fingerprint density at radius 3 is 2.94 bits per heavy atom. The van der Waals surface area contributed by atoms with Crippen molar-refractivity contribution < 1.29 is 4.74 Å². The van der Waals surface area contributed by atoms with E-state index in [0.717, 1.165) is 31.7 Å². The van der Waals surface area contributed by atoms with Gasteiger partial charge in [0.15, 0.2) is 0 Å². The number of halogens is 1. The van der Waals surface area contributed by atoms with E-state index in [1.807, 2.05) is 24.3 Å². The smallest absolute Gasteiger partial charge is 0.137 e. The van der Waals surface area contributed by atoms with Gasteiger partial charge < -0.3 is 10.1 Å². The maximum atomic E-state index is 6.15. The van der Waals surface area contributed by atoms with E-state index in [1.165, 1.54) is 5.56 Å². The Labute approximate surface area is 109 Å². The number of unbranched alkanes of at least 4 members (excludes halogenated alkanes) is 1. The monoisotopic (exact) mass is 253 g/mol. The van der Waals surface area contributed by atoms with Crippen molar-refractivity contribution in [2.75, 3.05) is 13.2 Å². The van der Waals surface area contributed by atoms with E-state index < -0.39 is 0 Å². The van der Waals surface area contributed by atoms with Crippen LogP contribution in [0.3, 0.4) is 0 Å². The molecule has 1 aromatic carbocycles. The maximum Gasteiger partial charge on any atom is 0.137 e. The van der Waals surface area contributed by atoms with Gasteiger partial charge in [0.25, 0.3) is 0 Å². The molecule has 0 heterocycles. The molecule has 0 bridgehead atoms. The standard InChI is InChI=1S/C14H20ClNO/c1-3-5-6-9-17-14-8-7-12(10-13(14)15)11-16-4-2/h3,7-8,10,16H,1,4-6,9,11H2,2H3. The van der Waals surface area contributed by atoms with Gasteiger partial charge in [-0.1, -0.05) is 30.7 Å². The Kier molecular flexibility index (Phi) is 6.75. The van der Waals surface area contributed by atoms with E-state index in [4.69, 9.17) is 16.3 Å². The summed E-state index contributed by atoms with van der Waals surface area (Å²) >= 11 is 6.15. The molecule has 0 aromatic heterocycles. The number of benzene rings is 1. The van der Waals surface area contributed by atoms with Crippen molar-refractivity contribution in [1.29, 1.82) is 0 Å². The number of hydrogen-bond acceptors (Lipinski definition) is 2. The van der Waals surface area contributed by atoms with E-state index >= 15 is 0 Å². The highest BCUT2D eigenvalue weighted by Gasteiger charge is 2.02. The third kappa shape index (κ3) is 5.24. The summed E-state index contributed by atoms with van der Waals surface area (Å²) in [7, 11) is 0. The van der Waals surface area contributed by atoms with E-state index in [1.54, 1.807) is 0 Å². The van der Waals surface area contributed by atoms with E-state index in [0.29, 0.717) is 11.6 Å². The van der Waals surface area contributed by atoms with E-state index in [2.05, 4.69) is 18.8 Å². The highest BCUT2D eigenvalue weighted by atomic mass is 35.5. The molecular formula is C14H20ClNO. The second-order valence-corrected chi connectivity index (χ2v) is 4.23. The lowest BCUT2D eigenvalue weighted by atomic mass is 10.2. The van der Waals surface area contributed by atoms with Crippen molar-refractivity contribution in [3.8, 4) is 5.75 Å². The fourth-order valence-corrected chi connectivity index (χ4v) is 1.71. The number of rotatable bonds is 8. The lowest BCUT2D eigenvalue weighted by Gasteiger charge is -2.09. The molecule has 1 aromatic rings. The molecule has 0 unspecified atom stereocenters. The minimum absolute atomic E-state index is 0.679. The van der Waals surface area contributed by atoms with Gasteiger partial charge in [-0.05, 0) is 37.1 Å². The van der Waals surface area contributed by atoms with Gasteiger partial charge in [-0.15, -0.1) is 6.58 Å². The summed E-state index contributed by atoms with van der Waals surface area (Å²) < 4.78 is 5.60. The fourth-order valence-electron chi connectivity index (χ4n) is 1.45. The van der Waals surface area contributed by atoms with Crippen LogP contribution in [0, 0.1) is 0 Å². The molecule has 1 N–H and O–H groups in total. The third-order valence-electron chi connectivity index (χ3n) is 2.39. The molecule has 0 spiro atoms. The Bertz CT molecular complexity index is 352. The van der Waals surface area contributed by atoms with Crippen LogP contribution in [-0.2, 0) is 6.54 Å². The van der Waals surface area contributed by atoms with E-state index in [-0.39, 0.29) is 0 Å². The van der Waals surface area contributed by atoms with Gasteiger partial charge in [0.05, 0.1) is 11.6 Å². The van der Waals surface area contributed by atoms with Crippen LogP contribution in [0.25, 0.3) is 0 Å². The normalized spacial score (nSPS) is 10.2. The van der Waals surface area contributed by atoms with Crippen LogP contribution in [0.15, 0.2) is 30.9 Å². The highest BCUT2D eigenvalue weighted by molar-refractivity contribution is 6.32. The quantitative estimate of drug-likeness (QED) is 0.562. The molecule has 0 aliphatic carbocycles. The van der Waals surface area contributed by atoms with Crippen LogP contribution in [0.1, 0.15) is 25.3 Å². The summed E-state index contributed by atoms with van der Waals surface area (Å²) in [4.78, 5) is 0. The SMILES string of the molecule is C=CCCCOc1ccc(CNCC)cc1Cl. The average molecular weight is 254 g/mol. The molecule has 0 saturated heterocycles. The number of nitrogens with one attached hydrogen (secondary N) is 1. The van der Waals surface area contributed by atoms with Crippen molar-refractivity contribution in [3.05, 3.63) is 41.4 Å². The van der Waals surface area contributed by atoms with Crippen molar-refractivity contribution in [2.24, 2.45) is 0 Å². The van der Waals surface area contributed by atoms with Crippen molar-refractivity contribution in [2.45, 2.75) is 26.3 Å². The molecule has 0 aliphatic heterocycles. The molecule has 94 valence electrons. The molecular weight excluding hydrogens is 234 g/mol. The molecule has 0 radical (unpaired) electrons. The number of allylic oxidation sites excluding steroid dienone is 1. The first-order chi connectivity index (χ1) is 8.27. The Morgan fingerprint density at radius 1 is 1.47 bits per heavy atom. The molecule has 17 heavy (non-hydrogen) atoms. The van der Waals surface area contributed by atoms with Gasteiger partial charge in [0.1, 0.15) is 5.75 Å². The van der Waals surface area contributed by atoms with Crippen LogP contribution in [-0.4, -0.2) is 13.2 Å². The maximum absolute atomic E-state index is 6.15. The molecule has 0 amide bonds. The van der Waals surface area contributed by atoms with Crippen molar-refractivity contribution in [1.82, 2.24) is 5.32 Å². The zero-order chi connectivity index (χ0) is 12.5. The van der Waals surface area contributed by atoms with Crippen LogP contribution < -0.4 is 10.1 Å². The van der Waals surface area contributed by atoms with Crippen molar-refractivity contribution >= 4 is 11.6 Å². The highest BCUT2D eigenvalue weighted by Crippen LogP contribution is 2.25. The van der Waals surface area contributed by atoms with Crippen LogP contribution in [0.4, 0.5) is 0 Å². The molecule has 0 aliphatic rings. The second kappa shape index (κ2) is 8.15. The van der Waals surface area contributed by atoms with Crippen molar-refractivity contribution in [3.63, 3.8) is 0 Å². The minimum Gasteiger partial charge on any atom is -0.492 e. The van der Waals surface area contributed by atoms with Gasteiger partial charge >= 0.3 is 0 Å². The summed E-state index contributed by atoms with van der Waals surface area (Å²) in [6, 6.07) is 5.92. The largest absolute Gasteiger partial charge is 0.492 e. The first-order valence-electron chi connectivity index (χ1n) is 6.00. The van der Waals surface area contributed by atoms with Crippen LogP contribution in [0.5, 0.6) is 5.75 Å². The first-order valence-corrected chi connectivity index (χ1v) is 6.38. The van der Waals surface area contributed by atoms with Crippen LogP contribution in [0.2, 0.25) is 5.02 Å². The second-order valence-electron chi connectivity index (χ2n) is 3.82. The molecule has 2 nitrogen and oxygen atoms in total. The van der Waals surface area contributed by atoms with Gasteiger partial charge in [0, 0.05) is 6.54 Å². The van der Waals surface area contributed by atoms with Gasteiger partial charge in [-0.3, -0.25) is 0 Å². The summed E-state index contributed by atoms with van der Waals surface area (Å²) in [5, 5.41) is 3.94. The Morgan fingerprint density at radius 2 is 2.29 bits per heavy atom. The molecule has 3 heteroatoms. The molecule has 0 saturated carbocycles. The predicted molar refractivity (Wildman–Crippen MR) is 73.8 cm³/mol. The topological polar surface area (TPSA) is 21.3 Å². The lowest BCUT2D eigenvalue weighted by molar-refractivity contribution is 0.312. The van der Waals surface area contributed by atoms with Crippen LogP contribution >= 0.6 is 11.6 Å². The summed E-state index contributed by atoms with van der Waals surface area (Å²) in [6.45, 7) is 8.23. The predicted octanol–water partition coefficient (Wildman–Crippen LogP) is 3.79. The van der Waals surface area contributed by atoms with E-state index in [9.17, 15) is 0 Å².